The SMILES string of the molecule is CC(C)(C)c1ccc([C@@H]2C[C@@H]2C(=O)N/N=C\c2ccccc2OCC(=O)O)cc1. The second kappa shape index (κ2) is 8.47. The van der Waals surface area contributed by atoms with E-state index < -0.39 is 12.6 Å². The molecule has 2 N–H and O–H groups in total. The van der Waals surface area contributed by atoms with Crippen molar-refractivity contribution in [2.75, 3.05) is 6.61 Å². The normalized spacial score (nSPS) is 18.4. The van der Waals surface area contributed by atoms with Crippen LogP contribution < -0.4 is 10.2 Å². The quantitative estimate of drug-likeness (QED) is 0.554. The minimum Gasteiger partial charge on any atom is -0.481 e. The van der Waals surface area contributed by atoms with Gasteiger partial charge < -0.3 is 9.84 Å². The lowest BCUT2D eigenvalue weighted by atomic mass is 9.86. The first kappa shape index (κ1) is 20.6. The monoisotopic (exact) mass is 394 g/mol. The van der Waals surface area contributed by atoms with Crippen molar-refractivity contribution in [3.8, 4) is 5.75 Å². The largest absolute Gasteiger partial charge is 0.481 e. The van der Waals surface area contributed by atoms with Crippen molar-refractivity contribution >= 4 is 18.1 Å². The Morgan fingerprint density at radius 1 is 1.17 bits per heavy atom. The second-order valence-corrected chi connectivity index (χ2v) is 8.28. The summed E-state index contributed by atoms with van der Waals surface area (Å²) in [6, 6.07) is 15.4. The molecule has 0 saturated heterocycles. The second-order valence-electron chi connectivity index (χ2n) is 8.28. The van der Waals surface area contributed by atoms with E-state index in [4.69, 9.17) is 9.84 Å². The van der Waals surface area contributed by atoms with E-state index in [0.29, 0.717) is 11.3 Å². The smallest absolute Gasteiger partial charge is 0.341 e. The summed E-state index contributed by atoms with van der Waals surface area (Å²) in [6.07, 6.45) is 2.28. The minimum absolute atomic E-state index is 0.0776. The number of aliphatic carboxylic acids is 1. The number of rotatable bonds is 7. The van der Waals surface area contributed by atoms with Crippen LogP contribution in [0.15, 0.2) is 53.6 Å². The van der Waals surface area contributed by atoms with Crippen LogP contribution in [0, 0.1) is 5.92 Å². The summed E-state index contributed by atoms with van der Waals surface area (Å²) in [5.74, 6) is -0.622. The van der Waals surface area contributed by atoms with E-state index in [0.717, 1.165) is 6.42 Å². The molecule has 2 atom stereocenters. The Balaban J connectivity index is 1.55. The number of carbonyl (C=O) groups is 2. The summed E-state index contributed by atoms with van der Waals surface area (Å²) in [7, 11) is 0. The standard InChI is InChI=1S/C23H26N2O4/c1-23(2,3)17-10-8-15(9-11-17)18-12-19(18)22(28)25-24-13-16-6-4-5-7-20(16)29-14-21(26)27/h4-11,13,18-19H,12,14H2,1-3H3,(H,25,28)(H,26,27)/b24-13-/t18-,19-/m0/s1. The summed E-state index contributed by atoms with van der Waals surface area (Å²) in [6.45, 7) is 6.10. The van der Waals surface area contributed by atoms with Crippen LogP contribution in [0.2, 0.25) is 0 Å². The molecule has 6 heteroatoms. The molecule has 6 nitrogen and oxygen atoms in total. The van der Waals surface area contributed by atoms with E-state index in [-0.39, 0.29) is 23.2 Å². The average Bonchev–Trinajstić information content (AvgIpc) is 3.47. The molecule has 0 spiro atoms. The molecule has 152 valence electrons. The lowest BCUT2D eigenvalue weighted by Gasteiger charge is -2.19. The van der Waals surface area contributed by atoms with Gasteiger partial charge in [-0.3, -0.25) is 4.79 Å². The fourth-order valence-electron chi connectivity index (χ4n) is 3.19. The summed E-state index contributed by atoms with van der Waals surface area (Å²) >= 11 is 0. The summed E-state index contributed by atoms with van der Waals surface area (Å²) < 4.78 is 5.22. The average molecular weight is 394 g/mol. The molecule has 1 aliphatic rings. The number of nitrogens with one attached hydrogen (secondary N) is 1. The van der Waals surface area contributed by atoms with Gasteiger partial charge in [0.15, 0.2) is 6.61 Å². The van der Waals surface area contributed by atoms with Crippen LogP contribution in [-0.2, 0) is 15.0 Å². The van der Waals surface area contributed by atoms with Crippen LogP contribution in [0.3, 0.4) is 0 Å². The fraction of sp³-hybridized carbons (Fsp3) is 0.348. The number of amides is 1. The third-order valence-corrected chi connectivity index (χ3v) is 4.98. The van der Waals surface area contributed by atoms with E-state index in [1.165, 1.54) is 17.3 Å². The maximum atomic E-state index is 12.4. The number of hydrogen-bond acceptors (Lipinski definition) is 4. The topological polar surface area (TPSA) is 88.0 Å². The zero-order valence-electron chi connectivity index (χ0n) is 16.9. The van der Waals surface area contributed by atoms with Gasteiger partial charge in [-0.2, -0.15) is 5.10 Å². The first-order valence-electron chi connectivity index (χ1n) is 9.62. The van der Waals surface area contributed by atoms with Crippen LogP contribution in [0.1, 0.15) is 49.8 Å². The van der Waals surface area contributed by atoms with E-state index in [2.05, 4.69) is 55.6 Å². The highest BCUT2D eigenvalue weighted by Crippen LogP contribution is 2.47. The van der Waals surface area contributed by atoms with Gasteiger partial charge >= 0.3 is 5.97 Å². The maximum Gasteiger partial charge on any atom is 0.341 e. The Morgan fingerprint density at radius 2 is 1.86 bits per heavy atom. The first-order valence-corrected chi connectivity index (χ1v) is 9.62. The Morgan fingerprint density at radius 3 is 2.52 bits per heavy atom. The van der Waals surface area contributed by atoms with Gasteiger partial charge in [-0.15, -0.1) is 0 Å². The van der Waals surface area contributed by atoms with Gasteiger partial charge in [0, 0.05) is 11.5 Å². The van der Waals surface area contributed by atoms with Gasteiger partial charge in [0.2, 0.25) is 5.91 Å². The number of hydrazone groups is 1. The summed E-state index contributed by atoms with van der Waals surface area (Å²) in [5, 5.41) is 12.8. The van der Waals surface area contributed by atoms with Gasteiger partial charge in [0.25, 0.3) is 0 Å². The predicted octanol–water partition coefficient (Wildman–Crippen LogP) is 3.70. The lowest BCUT2D eigenvalue weighted by molar-refractivity contribution is -0.139. The third kappa shape index (κ3) is 5.44. The van der Waals surface area contributed by atoms with Crippen LogP contribution in [0.4, 0.5) is 0 Å². The molecule has 1 aliphatic carbocycles. The molecule has 1 amide bonds. The minimum atomic E-state index is -1.06. The van der Waals surface area contributed by atoms with Crippen LogP contribution in [0.5, 0.6) is 5.75 Å². The summed E-state index contributed by atoms with van der Waals surface area (Å²) in [4.78, 5) is 23.0. The van der Waals surface area contributed by atoms with Crippen molar-refractivity contribution in [1.29, 1.82) is 0 Å². The Bertz CT molecular complexity index is 913. The molecule has 1 fully saturated rings. The molecule has 0 aromatic heterocycles. The molecule has 0 aliphatic heterocycles. The fourth-order valence-corrected chi connectivity index (χ4v) is 3.19. The van der Waals surface area contributed by atoms with Gasteiger partial charge in [0.05, 0.1) is 6.21 Å². The lowest BCUT2D eigenvalue weighted by Crippen LogP contribution is -2.20. The highest BCUT2D eigenvalue weighted by atomic mass is 16.5. The zero-order valence-corrected chi connectivity index (χ0v) is 16.9. The van der Waals surface area contributed by atoms with Crippen molar-refractivity contribution in [2.24, 2.45) is 11.0 Å². The van der Waals surface area contributed by atoms with Crippen molar-refractivity contribution in [1.82, 2.24) is 5.43 Å². The Hall–Kier alpha value is -3.15. The Labute approximate surface area is 170 Å². The van der Waals surface area contributed by atoms with Crippen LogP contribution in [-0.4, -0.2) is 29.8 Å². The van der Waals surface area contributed by atoms with Gasteiger partial charge in [-0.1, -0.05) is 57.2 Å². The zero-order chi connectivity index (χ0) is 21.0. The first-order chi connectivity index (χ1) is 13.8. The highest BCUT2D eigenvalue weighted by molar-refractivity contribution is 5.87. The molecule has 2 aromatic carbocycles. The molecule has 0 unspecified atom stereocenters. The van der Waals surface area contributed by atoms with Gasteiger partial charge in [0.1, 0.15) is 5.75 Å². The molecule has 0 radical (unpaired) electrons. The van der Waals surface area contributed by atoms with Crippen LogP contribution in [0.25, 0.3) is 0 Å². The number of para-hydroxylation sites is 1. The number of nitrogens with zero attached hydrogens (tertiary/aromatic N) is 1. The highest BCUT2D eigenvalue weighted by Gasteiger charge is 2.44. The number of hydrogen-bond donors (Lipinski definition) is 2. The van der Waals surface area contributed by atoms with E-state index in [9.17, 15) is 9.59 Å². The third-order valence-electron chi connectivity index (χ3n) is 4.98. The number of carboxylic acids is 1. The maximum absolute atomic E-state index is 12.4. The van der Waals surface area contributed by atoms with Crippen molar-refractivity contribution in [3.63, 3.8) is 0 Å². The van der Waals surface area contributed by atoms with E-state index >= 15 is 0 Å². The predicted molar refractivity (Wildman–Crippen MR) is 111 cm³/mol. The van der Waals surface area contributed by atoms with Crippen molar-refractivity contribution in [2.45, 2.75) is 38.5 Å². The van der Waals surface area contributed by atoms with Crippen molar-refractivity contribution < 1.29 is 19.4 Å². The van der Waals surface area contributed by atoms with E-state index in [1.807, 2.05) is 0 Å². The number of carboxylic acid groups (broad SMARTS) is 1. The molecular formula is C23H26N2O4. The molecular weight excluding hydrogens is 368 g/mol. The molecule has 2 aromatic rings. The summed E-state index contributed by atoms with van der Waals surface area (Å²) in [5.41, 5.74) is 5.73. The van der Waals surface area contributed by atoms with Gasteiger partial charge in [-0.05, 0) is 41.0 Å². The van der Waals surface area contributed by atoms with Crippen LogP contribution >= 0.6 is 0 Å². The molecule has 29 heavy (non-hydrogen) atoms. The number of benzene rings is 2. The molecule has 1 saturated carbocycles. The molecule has 3 rings (SSSR count). The number of ether oxygens (including phenoxy) is 1. The van der Waals surface area contributed by atoms with E-state index in [1.54, 1.807) is 24.3 Å². The molecule has 0 bridgehead atoms. The van der Waals surface area contributed by atoms with Gasteiger partial charge in [-0.25, -0.2) is 10.2 Å². The molecule has 0 heterocycles. The Kier molecular flexibility index (Phi) is 6.01. The number of carbonyl (C=O) groups excluding carboxylic acids is 1. The van der Waals surface area contributed by atoms with Crippen molar-refractivity contribution in [3.05, 3.63) is 65.2 Å².